The Morgan fingerprint density at radius 3 is 2.91 bits per heavy atom. The van der Waals surface area contributed by atoms with Crippen LogP contribution in [0.4, 0.5) is 4.39 Å². The highest BCUT2D eigenvalue weighted by Crippen LogP contribution is 2.35. The molecule has 0 spiro atoms. The van der Waals surface area contributed by atoms with Crippen molar-refractivity contribution in [1.29, 1.82) is 0 Å². The van der Waals surface area contributed by atoms with Crippen LogP contribution in [0, 0.1) is 12.7 Å². The van der Waals surface area contributed by atoms with Gasteiger partial charge in [-0.3, -0.25) is 4.79 Å². The second kappa shape index (κ2) is 6.75. The molecule has 2 heterocycles. The Kier molecular flexibility index (Phi) is 4.73. The third kappa shape index (κ3) is 3.15. The number of thioether (sulfide) groups is 1. The zero-order chi connectivity index (χ0) is 15.5. The van der Waals surface area contributed by atoms with Crippen LogP contribution >= 0.6 is 23.3 Å². The summed E-state index contributed by atoms with van der Waals surface area (Å²) >= 11 is 2.85. The predicted molar refractivity (Wildman–Crippen MR) is 86.8 cm³/mol. The Hall–Kier alpha value is -1.47. The first-order chi connectivity index (χ1) is 10.7. The third-order valence-corrected chi connectivity index (χ3v) is 5.85. The molecule has 3 rings (SSSR count). The van der Waals surface area contributed by atoms with E-state index in [1.807, 2.05) is 17.0 Å². The van der Waals surface area contributed by atoms with E-state index in [9.17, 15) is 9.18 Å². The lowest BCUT2D eigenvalue weighted by Gasteiger charge is -2.19. The van der Waals surface area contributed by atoms with Gasteiger partial charge in [-0.1, -0.05) is 22.7 Å². The molecule has 1 aromatic heterocycles. The van der Waals surface area contributed by atoms with Crippen LogP contribution in [-0.4, -0.2) is 39.2 Å². The van der Waals surface area contributed by atoms with Crippen LogP contribution in [0.15, 0.2) is 24.3 Å². The lowest BCUT2D eigenvalue weighted by Crippen LogP contribution is -2.32. The van der Waals surface area contributed by atoms with Gasteiger partial charge in [-0.05, 0) is 30.9 Å². The first-order valence-corrected chi connectivity index (χ1v) is 8.93. The van der Waals surface area contributed by atoms with Crippen LogP contribution in [0.3, 0.4) is 0 Å². The number of hydrogen-bond donors (Lipinski definition) is 0. The largest absolute Gasteiger partial charge is 0.337 e. The summed E-state index contributed by atoms with van der Waals surface area (Å²) in [4.78, 5) is 15.0. The SMILES string of the molecule is Cc1nnsc1C(=O)N1CCS[C@@H](c2ccccc2F)CC1. The highest BCUT2D eigenvalue weighted by atomic mass is 32.2. The van der Waals surface area contributed by atoms with Gasteiger partial charge in [-0.15, -0.1) is 5.10 Å². The van der Waals surface area contributed by atoms with Crippen LogP contribution in [0.25, 0.3) is 0 Å². The number of aryl methyl sites for hydroxylation is 1. The Morgan fingerprint density at radius 1 is 1.36 bits per heavy atom. The quantitative estimate of drug-likeness (QED) is 0.843. The van der Waals surface area contributed by atoms with E-state index in [2.05, 4.69) is 9.59 Å². The number of carbonyl (C=O) groups excluding carboxylic acids is 1. The molecule has 1 atom stereocenters. The van der Waals surface area contributed by atoms with Crippen LogP contribution in [0.1, 0.15) is 32.6 Å². The summed E-state index contributed by atoms with van der Waals surface area (Å²) in [5.41, 5.74) is 1.41. The zero-order valence-electron chi connectivity index (χ0n) is 12.2. The maximum atomic E-state index is 13.9. The molecular weight excluding hydrogens is 321 g/mol. The van der Waals surface area contributed by atoms with E-state index in [4.69, 9.17) is 0 Å². The summed E-state index contributed by atoms with van der Waals surface area (Å²) in [5.74, 6) is 0.625. The predicted octanol–water partition coefficient (Wildman–Crippen LogP) is 3.31. The Bertz CT molecular complexity index is 676. The fourth-order valence-corrected chi connectivity index (χ4v) is 4.41. The van der Waals surface area contributed by atoms with Gasteiger partial charge in [0.2, 0.25) is 0 Å². The van der Waals surface area contributed by atoms with E-state index in [0.717, 1.165) is 29.3 Å². The molecule has 0 unspecified atom stereocenters. The number of rotatable bonds is 2. The summed E-state index contributed by atoms with van der Waals surface area (Å²) < 4.78 is 17.8. The molecule has 22 heavy (non-hydrogen) atoms. The van der Waals surface area contributed by atoms with Gasteiger partial charge in [0.1, 0.15) is 10.7 Å². The van der Waals surface area contributed by atoms with E-state index in [1.165, 1.54) is 6.07 Å². The zero-order valence-corrected chi connectivity index (χ0v) is 13.8. The summed E-state index contributed by atoms with van der Waals surface area (Å²) in [6, 6.07) is 6.90. The van der Waals surface area contributed by atoms with E-state index in [1.54, 1.807) is 24.8 Å². The van der Waals surface area contributed by atoms with Gasteiger partial charge in [0.05, 0.1) is 5.69 Å². The number of carbonyl (C=O) groups is 1. The molecule has 1 aliphatic rings. The molecule has 0 aliphatic carbocycles. The minimum absolute atomic E-state index is 0.0118. The molecule has 2 aromatic rings. The highest BCUT2D eigenvalue weighted by Gasteiger charge is 2.26. The van der Waals surface area contributed by atoms with Crippen LogP contribution < -0.4 is 0 Å². The third-order valence-electron chi connectivity index (χ3n) is 3.73. The normalized spacial score (nSPS) is 19.0. The van der Waals surface area contributed by atoms with Crippen molar-refractivity contribution in [3.05, 3.63) is 46.2 Å². The molecule has 4 nitrogen and oxygen atoms in total. The van der Waals surface area contributed by atoms with Crippen molar-refractivity contribution in [2.75, 3.05) is 18.8 Å². The number of aromatic nitrogens is 2. The Labute approximate surface area is 136 Å². The minimum Gasteiger partial charge on any atom is -0.337 e. The van der Waals surface area contributed by atoms with Crippen LogP contribution in [0.5, 0.6) is 0 Å². The second-order valence-electron chi connectivity index (χ2n) is 5.15. The van der Waals surface area contributed by atoms with Gasteiger partial charge in [-0.25, -0.2) is 4.39 Å². The standard InChI is InChI=1S/C15H16FN3OS2/c1-10-14(22-18-17-10)15(20)19-7-6-13(21-9-8-19)11-4-2-3-5-12(11)16/h2-5,13H,6-9H2,1H3/t13-/m1/s1. The molecule has 0 saturated carbocycles. The van der Waals surface area contributed by atoms with Gasteiger partial charge in [0.15, 0.2) is 0 Å². The molecule has 1 saturated heterocycles. The molecule has 7 heteroatoms. The van der Waals surface area contributed by atoms with Gasteiger partial charge in [0.25, 0.3) is 5.91 Å². The summed E-state index contributed by atoms with van der Waals surface area (Å²) in [6.45, 7) is 3.10. The fourth-order valence-electron chi connectivity index (χ4n) is 2.53. The van der Waals surface area contributed by atoms with Crippen molar-refractivity contribution in [2.24, 2.45) is 0 Å². The van der Waals surface area contributed by atoms with Crippen molar-refractivity contribution >= 4 is 29.2 Å². The smallest absolute Gasteiger partial charge is 0.267 e. The summed E-state index contributed by atoms with van der Waals surface area (Å²) in [6.07, 6.45) is 0.753. The molecule has 0 bridgehead atoms. The number of nitrogens with zero attached hydrogens (tertiary/aromatic N) is 3. The van der Waals surface area contributed by atoms with E-state index in [0.29, 0.717) is 23.7 Å². The first kappa shape index (κ1) is 15.4. The van der Waals surface area contributed by atoms with Gasteiger partial charge in [0, 0.05) is 29.7 Å². The van der Waals surface area contributed by atoms with Crippen molar-refractivity contribution < 1.29 is 9.18 Å². The van der Waals surface area contributed by atoms with Crippen LogP contribution in [0.2, 0.25) is 0 Å². The van der Waals surface area contributed by atoms with E-state index in [-0.39, 0.29) is 17.0 Å². The fraction of sp³-hybridized carbons (Fsp3) is 0.400. The number of benzene rings is 1. The Morgan fingerprint density at radius 2 is 2.18 bits per heavy atom. The molecule has 1 amide bonds. The topological polar surface area (TPSA) is 46.1 Å². The molecule has 1 fully saturated rings. The number of hydrogen-bond acceptors (Lipinski definition) is 5. The van der Waals surface area contributed by atoms with Gasteiger partial charge >= 0.3 is 0 Å². The molecule has 1 aliphatic heterocycles. The highest BCUT2D eigenvalue weighted by molar-refractivity contribution is 7.99. The molecule has 116 valence electrons. The molecular formula is C15H16FN3OS2. The number of amides is 1. The van der Waals surface area contributed by atoms with Crippen molar-refractivity contribution in [2.45, 2.75) is 18.6 Å². The van der Waals surface area contributed by atoms with E-state index < -0.39 is 0 Å². The molecule has 0 radical (unpaired) electrons. The van der Waals surface area contributed by atoms with Crippen LogP contribution in [-0.2, 0) is 0 Å². The van der Waals surface area contributed by atoms with Crippen molar-refractivity contribution in [3.8, 4) is 0 Å². The summed E-state index contributed by atoms with van der Waals surface area (Å²) in [5, 5.41) is 3.99. The average Bonchev–Trinajstić information content (AvgIpc) is 2.80. The Balaban J connectivity index is 1.72. The maximum absolute atomic E-state index is 13.9. The first-order valence-electron chi connectivity index (χ1n) is 7.11. The van der Waals surface area contributed by atoms with Gasteiger partial charge in [-0.2, -0.15) is 11.8 Å². The minimum atomic E-state index is -0.165. The maximum Gasteiger partial charge on any atom is 0.267 e. The monoisotopic (exact) mass is 337 g/mol. The number of halogens is 1. The van der Waals surface area contributed by atoms with Crippen molar-refractivity contribution in [3.63, 3.8) is 0 Å². The molecule has 1 aromatic carbocycles. The summed E-state index contributed by atoms with van der Waals surface area (Å²) in [7, 11) is 0. The van der Waals surface area contributed by atoms with E-state index >= 15 is 0 Å². The molecule has 0 N–H and O–H groups in total. The lowest BCUT2D eigenvalue weighted by molar-refractivity contribution is 0.0770. The lowest BCUT2D eigenvalue weighted by atomic mass is 10.1. The van der Waals surface area contributed by atoms with Crippen molar-refractivity contribution in [1.82, 2.24) is 14.5 Å². The second-order valence-corrected chi connectivity index (χ2v) is 7.21. The average molecular weight is 337 g/mol. The van der Waals surface area contributed by atoms with Gasteiger partial charge < -0.3 is 4.90 Å².